The Labute approximate surface area is 162 Å². The number of benzene rings is 2. The molecule has 0 unspecified atom stereocenters. The summed E-state index contributed by atoms with van der Waals surface area (Å²) >= 11 is 6.19. The number of ether oxygens (including phenoxy) is 2. The van der Waals surface area contributed by atoms with Gasteiger partial charge in [-0.1, -0.05) is 41.9 Å². The van der Waals surface area contributed by atoms with Crippen LogP contribution >= 0.6 is 11.6 Å². The fraction of sp³-hybridized carbons (Fsp3) is 0.200. The maximum atomic E-state index is 12.3. The third-order valence-electron chi connectivity index (χ3n) is 3.93. The van der Waals surface area contributed by atoms with Crippen LogP contribution in [0, 0.1) is 0 Å². The Kier molecular flexibility index (Phi) is 5.98. The van der Waals surface area contributed by atoms with E-state index in [0.717, 1.165) is 5.56 Å². The number of aromatic nitrogens is 1. The second kappa shape index (κ2) is 8.60. The van der Waals surface area contributed by atoms with Crippen LogP contribution in [-0.2, 0) is 11.2 Å². The van der Waals surface area contributed by atoms with Crippen LogP contribution in [0.3, 0.4) is 0 Å². The number of carbonyl (C=O) groups excluding carboxylic acids is 1. The fourth-order valence-electron chi connectivity index (χ4n) is 2.54. The first kappa shape index (κ1) is 18.8. The molecule has 0 spiro atoms. The Hall–Kier alpha value is -2.99. The van der Waals surface area contributed by atoms with E-state index in [9.17, 15) is 4.79 Å². The molecule has 0 aliphatic heterocycles. The molecule has 27 heavy (non-hydrogen) atoms. The molecule has 1 heterocycles. The molecule has 7 heteroatoms. The molecule has 140 valence electrons. The lowest BCUT2D eigenvalue weighted by atomic mass is 10.2. The van der Waals surface area contributed by atoms with E-state index in [1.165, 1.54) is 14.2 Å². The van der Waals surface area contributed by atoms with Gasteiger partial charge in [-0.2, -0.15) is 0 Å². The average Bonchev–Trinajstić information content (AvgIpc) is 3.17. The van der Waals surface area contributed by atoms with Gasteiger partial charge in [-0.15, -0.1) is 0 Å². The molecule has 2 aromatic carbocycles. The van der Waals surface area contributed by atoms with E-state index in [1.807, 2.05) is 30.3 Å². The number of aryl methyl sites for hydroxylation is 1. The van der Waals surface area contributed by atoms with E-state index >= 15 is 0 Å². The third kappa shape index (κ3) is 4.60. The van der Waals surface area contributed by atoms with Crippen LogP contribution in [0.2, 0.25) is 5.02 Å². The van der Waals surface area contributed by atoms with Crippen LogP contribution in [0.5, 0.6) is 11.5 Å². The van der Waals surface area contributed by atoms with Gasteiger partial charge in [0.25, 0.3) is 0 Å². The molecule has 6 nitrogen and oxygen atoms in total. The first-order chi connectivity index (χ1) is 13.1. The molecule has 0 fully saturated rings. The second-order valence-corrected chi connectivity index (χ2v) is 6.13. The van der Waals surface area contributed by atoms with Crippen LogP contribution in [0.15, 0.2) is 53.1 Å². The van der Waals surface area contributed by atoms with E-state index in [2.05, 4.69) is 10.3 Å². The van der Waals surface area contributed by atoms with Gasteiger partial charge in [0.05, 0.1) is 31.1 Å². The number of nitrogens with one attached hydrogen (secondary N) is 1. The Morgan fingerprint density at radius 2 is 1.85 bits per heavy atom. The standard InChI is InChI=1S/C20H19ClN2O4/c1-25-16-10-14(21)15(11-17(16)26-2)23-19(24)8-9-20-22-12-18(27-20)13-6-4-3-5-7-13/h3-7,10-12H,8-9H2,1-2H3,(H,23,24). The molecule has 1 N–H and O–H groups in total. The quantitative estimate of drug-likeness (QED) is 0.643. The van der Waals surface area contributed by atoms with Crippen LogP contribution in [0.1, 0.15) is 12.3 Å². The normalized spacial score (nSPS) is 10.5. The van der Waals surface area contributed by atoms with Gasteiger partial charge in [0, 0.05) is 30.5 Å². The first-order valence-electron chi connectivity index (χ1n) is 8.32. The number of anilines is 1. The summed E-state index contributed by atoms with van der Waals surface area (Å²) in [6, 6.07) is 12.9. The first-order valence-corrected chi connectivity index (χ1v) is 8.70. The molecular weight excluding hydrogens is 368 g/mol. The molecule has 0 aliphatic rings. The highest BCUT2D eigenvalue weighted by atomic mass is 35.5. The number of oxazole rings is 1. The predicted molar refractivity (Wildman–Crippen MR) is 103 cm³/mol. The third-order valence-corrected chi connectivity index (χ3v) is 4.24. The molecule has 1 amide bonds. The summed E-state index contributed by atoms with van der Waals surface area (Å²) in [7, 11) is 3.04. The van der Waals surface area contributed by atoms with E-state index in [1.54, 1.807) is 18.3 Å². The zero-order valence-corrected chi connectivity index (χ0v) is 15.7. The van der Waals surface area contributed by atoms with Gasteiger partial charge in [-0.3, -0.25) is 4.79 Å². The molecule has 0 aliphatic carbocycles. The Morgan fingerprint density at radius 3 is 2.56 bits per heavy atom. The second-order valence-electron chi connectivity index (χ2n) is 5.72. The van der Waals surface area contributed by atoms with Crippen molar-refractivity contribution < 1.29 is 18.7 Å². The van der Waals surface area contributed by atoms with Crippen molar-refractivity contribution >= 4 is 23.2 Å². The van der Waals surface area contributed by atoms with Gasteiger partial charge in [-0.25, -0.2) is 4.98 Å². The number of nitrogens with zero attached hydrogens (tertiary/aromatic N) is 1. The van der Waals surface area contributed by atoms with Crippen molar-refractivity contribution in [3.63, 3.8) is 0 Å². The highest BCUT2D eigenvalue weighted by Crippen LogP contribution is 2.36. The lowest BCUT2D eigenvalue weighted by molar-refractivity contribution is -0.116. The lowest BCUT2D eigenvalue weighted by Crippen LogP contribution is -2.13. The number of methoxy groups -OCH3 is 2. The van der Waals surface area contributed by atoms with Gasteiger partial charge in [0.1, 0.15) is 0 Å². The van der Waals surface area contributed by atoms with Crippen molar-refractivity contribution in [3.8, 4) is 22.8 Å². The summed E-state index contributed by atoms with van der Waals surface area (Å²) in [4.78, 5) is 16.5. The van der Waals surface area contributed by atoms with Crippen molar-refractivity contribution in [2.45, 2.75) is 12.8 Å². The zero-order chi connectivity index (χ0) is 19.2. The van der Waals surface area contributed by atoms with Crippen LogP contribution in [0.25, 0.3) is 11.3 Å². The molecular formula is C20H19ClN2O4. The summed E-state index contributed by atoms with van der Waals surface area (Å²) in [5.41, 5.74) is 1.40. The molecule has 3 rings (SSSR count). The lowest BCUT2D eigenvalue weighted by Gasteiger charge is -2.12. The molecule has 0 radical (unpaired) electrons. The van der Waals surface area contributed by atoms with E-state index < -0.39 is 0 Å². The Balaban J connectivity index is 1.61. The number of carbonyl (C=O) groups is 1. The van der Waals surface area contributed by atoms with Crippen LogP contribution < -0.4 is 14.8 Å². The topological polar surface area (TPSA) is 73.6 Å². The SMILES string of the molecule is COc1cc(Cl)c(NC(=O)CCc2ncc(-c3ccccc3)o2)cc1OC. The van der Waals surface area contributed by atoms with Gasteiger partial charge in [0.15, 0.2) is 23.1 Å². The smallest absolute Gasteiger partial charge is 0.224 e. The highest BCUT2D eigenvalue weighted by Gasteiger charge is 2.13. The molecule has 0 saturated heterocycles. The Bertz CT molecular complexity index is 925. The van der Waals surface area contributed by atoms with Gasteiger partial charge in [0.2, 0.25) is 5.91 Å². The van der Waals surface area contributed by atoms with Gasteiger partial charge < -0.3 is 19.2 Å². The van der Waals surface area contributed by atoms with Crippen LogP contribution in [-0.4, -0.2) is 25.1 Å². The van der Waals surface area contributed by atoms with Crippen molar-refractivity contribution in [2.24, 2.45) is 0 Å². The average molecular weight is 387 g/mol. The number of halogens is 1. The summed E-state index contributed by atoms with van der Waals surface area (Å²) in [6.45, 7) is 0. The largest absolute Gasteiger partial charge is 0.493 e. The van der Waals surface area contributed by atoms with Gasteiger partial charge in [-0.05, 0) is 0 Å². The zero-order valence-electron chi connectivity index (χ0n) is 15.0. The van der Waals surface area contributed by atoms with E-state index in [4.69, 9.17) is 25.5 Å². The summed E-state index contributed by atoms with van der Waals surface area (Å²) < 4.78 is 16.1. The summed E-state index contributed by atoms with van der Waals surface area (Å²) in [6.07, 6.45) is 2.25. The monoisotopic (exact) mass is 386 g/mol. The molecule has 3 aromatic rings. The van der Waals surface area contributed by atoms with Crippen molar-refractivity contribution in [3.05, 3.63) is 59.6 Å². The van der Waals surface area contributed by atoms with E-state index in [0.29, 0.717) is 40.3 Å². The number of hydrogen-bond donors (Lipinski definition) is 1. The minimum absolute atomic E-state index is 0.205. The Morgan fingerprint density at radius 1 is 1.15 bits per heavy atom. The fourth-order valence-corrected chi connectivity index (χ4v) is 2.75. The minimum Gasteiger partial charge on any atom is -0.493 e. The molecule has 1 aromatic heterocycles. The minimum atomic E-state index is -0.205. The number of hydrogen-bond acceptors (Lipinski definition) is 5. The van der Waals surface area contributed by atoms with Gasteiger partial charge >= 0.3 is 0 Å². The van der Waals surface area contributed by atoms with E-state index in [-0.39, 0.29) is 12.3 Å². The number of rotatable bonds is 7. The van der Waals surface area contributed by atoms with Crippen LogP contribution in [0.4, 0.5) is 5.69 Å². The summed E-state index contributed by atoms with van der Waals surface area (Å²) in [5.74, 6) is 1.95. The highest BCUT2D eigenvalue weighted by molar-refractivity contribution is 6.34. The molecule has 0 atom stereocenters. The maximum Gasteiger partial charge on any atom is 0.224 e. The maximum absolute atomic E-state index is 12.3. The van der Waals surface area contributed by atoms with Crippen molar-refractivity contribution in [1.82, 2.24) is 4.98 Å². The summed E-state index contributed by atoms with van der Waals surface area (Å²) in [5, 5.41) is 3.13. The number of amides is 1. The predicted octanol–water partition coefficient (Wildman–Crippen LogP) is 4.58. The molecule has 0 saturated carbocycles. The van der Waals surface area contributed by atoms with Crippen molar-refractivity contribution in [1.29, 1.82) is 0 Å². The van der Waals surface area contributed by atoms with Crippen molar-refractivity contribution in [2.75, 3.05) is 19.5 Å². The molecule has 0 bridgehead atoms.